The Morgan fingerprint density at radius 1 is 1.43 bits per heavy atom. The van der Waals surface area contributed by atoms with Crippen LogP contribution in [-0.2, 0) is 0 Å². The molecule has 4 N–H and O–H groups in total. The second kappa shape index (κ2) is 7.68. The average Bonchev–Trinajstić information content (AvgIpc) is 2.79. The van der Waals surface area contributed by atoms with Crippen LogP contribution in [0.5, 0.6) is 0 Å². The second-order valence-corrected chi connectivity index (χ2v) is 7.07. The molecule has 1 heterocycles. The zero-order valence-electron chi connectivity index (χ0n) is 12.0. The summed E-state index contributed by atoms with van der Waals surface area (Å²) in [6, 6.07) is 6.03. The highest BCUT2D eigenvalue weighted by molar-refractivity contribution is 7.99. The van der Waals surface area contributed by atoms with E-state index in [0.29, 0.717) is 17.1 Å². The molecule has 0 saturated heterocycles. The van der Waals surface area contributed by atoms with Crippen molar-refractivity contribution in [1.82, 2.24) is 5.32 Å². The van der Waals surface area contributed by atoms with Gasteiger partial charge in [0.25, 0.3) is 5.91 Å². The van der Waals surface area contributed by atoms with Crippen molar-refractivity contribution in [3.63, 3.8) is 0 Å². The lowest BCUT2D eigenvalue weighted by molar-refractivity contribution is 0.0961. The number of fused-ring (bicyclic) bond motifs is 1. The molecule has 0 saturated carbocycles. The number of carbonyl (C=O) groups is 1. The summed E-state index contributed by atoms with van der Waals surface area (Å²) in [6.07, 6.45) is 0.793. The van der Waals surface area contributed by atoms with Crippen molar-refractivity contribution in [2.45, 2.75) is 13.3 Å². The van der Waals surface area contributed by atoms with Crippen LogP contribution in [0.3, 0.4) is 0 Å². The number of anilines is 1. The highest BCUT2D eigenvalue weighted by Crippen LogP contribution is 2.34. The van der Waals surface area contributed by atoms with Gasteiger partial charge in [-0.15, -0.1) is 11.3 Å². The molecule has 2 rings (SSSR count). The third kappa shape index (κ3) is 4.12. The third-order valence-corrected chi connectivity index (χ3v) is 5.31. The van der Waals surface area contributed by atoms with Gasteiger partial charge < -0.3 is 16.2 Å². The summed E-state index contributed by atoms with van der Waals surface area (Å²) in [6.45, 7) is 2.86. The zero-order valence-corrected chi connectivity index (χ0v) is 13.6. The molecule has 0 aliphatic carbocycles. The van der Waals surface area contributed by atoms with Gasteiger partial charge in [-0.2, -0.15) is 11.8 Å². The Bertz CT molecular complexity index is 625. The number of carbonyl (C=O) groups excluding carboxylic acids is 1. The first kappa shape index (κ1) is 16.1. The molecule has 0 fully saturated rings. The molecular formula is C15H20N2O2S2. The first-order chi connectivity index (χ1) is 10.1. The van der Waals surface area contributed by atoms with Gasteiger partial charge in [-0.25, -0.2) is 0 Å². The molecule has 114 valence electrons. The average molecular weight is 324 g/mol. The van der Waals surface area contributed by atoms with Crippen LogP contribution in [0.15, 0.2) is 18.2 Å². The number of aryl methyl sites for hydroxylation is 1. The zero-order chi connectivity index (χ0) is 15.2. The number of benzene rings is 1. The predicted molar refractivity (Wildman–Crippen MR) is 92.3 cm³/mol. The maximum absolute atomic E-state index is 12.2. The van der Waals surface area contributed by atoms with E-state index >= 15 is 0 Å². The van der Waals surface area contributed by atoms with Crippen molar-refractivity contribution in [1.29, 1.82) is 0 Å². The molecular weight excluding hydrogens is 304 g/mol. The molecule has 1 aromatic heterocycles. The van der Waals surface area contributed by atoms with Gasteiger partial charge in [-0.1, -0.05) is 12.1 Å². The maximum atomic E-state index is 12.2. The standard InChI is InChI=1S/C15H20N2O2S2/c1-10-3-4-11-12(9-10)21-14(13(11)16)15(19)17-5-8-20-7-2-6-18/h3-4,9,18H,2,5-8,16H2,1H3,(H,17,19). The Kier molecular flexibility index (Phi) is 5.90. The van der Waals surface area contributed by atoms with Gasteiger partial charge in [0.2, 0.25) is 0 Å². The van der Waals surface area contributed by atoms with Crippen molar-refractivity contribution in [2.24, 2.45) is 0 Å². The maximum Gasteiger partial charge on any atom is 0.263 e. The van der Waals surface area contributed by atoms with Crippen molar-refractivity contribution in [3.05, 3.63) is 28.6 Å². The summed E-state index contributed by atoms with van der Waals surface area (Å²) in [5.41, 5.74) is 7.81. The lowest BCUT2D eigenvalue weighted by atomic mass is 10.1. The number of rotatable bonds is 7. The monoisotopic (exact) mass is 324 g/mol. The largest absolute Gasteiger partial charge is 0.397 e. The first-order valence-corrected chi connectivity index (χ1v) is 8.86. The number of aliphatic hydroxyl groups excluding tert-OH is 1. The smallest absolute Gasteiger partial charge is 0.263 e. The van der Waals surface area contributed by atoms with Gasteiger partial charge in [0.15, 0.2) is 0 Å². The number of hydrogen-bond donors (Lipinski definition) is 3. The number of nitrogen functional groups attached to an aromatic ring is 1. The summed E-state index contributed by atoms with van der Waals surface area (Å²) < 4.78 is 1.05. The van der Waals surface area contributed by atoms with Crippen LogP contribution >= 0.6 is 23.1 Å². The number of nitrogens with one attached hydrogen (secondary N) is 1. The van der Waals surface area contributed by atoms with Crippen LogP contribution in [0.1, 0.15) is 21.7 Å². The number of thiophene rings is 1. The molecule has 1 aromatic carbocycles. The van der Waals surface area contributed by atoms with Crippen LogP contribution in [0, 0.1) is 6.92 Å². The molecule has 1 amide bonds. The lowest BCUT2D eigenvalue weighted by Gasteiger charge is -2.04. The molecule has 0 aliphatic heterocycles. The van der Waals surface area contributed by atoms with Gasteiger partial charge >= 0.3 is 0 Å². The van der Waals surface area contributed by atoms with Crippen LogP contribution in [0.4, 0.5) is 5.69 Å². The van der Waals surface area contributed by atoms with Gasteiger partial charge in [0.05, 0.1) is 5.69 Å². The molecule has 4 nitrogen and oxygen atoms in total. The highest BCUT2D eigenvalue weighted by Gasteiger charge is 2.15. The Morgan fingerprint density at radius 3 is 3.00 bits per heavy atom. The molecule has 0 aliphatic rings. The van der Waals surface area contributed by atoms with E-state index in [4.69, 9.17) is 10.8 Å². The summed E-state index contributed by atoms with van der Waals surface area (Å²) >= 11 is 3.16. The molecule has 6 heteroatoms. The highest BCUT2D eigenvalue weighted by atomic mass is 32.2. The van der Waals surface area contributed by atoms with Crippen molar-refractivity contribution >= 4 is 44.8 Å². The molecule has 0 unspecified atom stereocenters. The van der Waals surface area contributed by atoms with E-state index in [9.17, 15) is 4.79 Å². The normalized spacial score (nSPS) is 11.0. The van der Waals surface area contributed by atoms with E-state index in [1.165, 1.54) is 11.3 Å². The quantitative estimate of drug-likeness (QED) is 0.684. The molecule has 2 aromatic rings. The van der Waals surface area contributed by atoms with Gasteiger partial charge in [-0.3, -0.25) is 4.79 Å². The number of amides is 1. The van der Waals surface area contributed by atoms with Gasteiger partial charge in [0.1, 0.15) is 4.88 Å². The number of thioether (sulfide) groups is 1. The fraction of sp³-hybridized carbons (Fsp3) is 0.400. The van der Waals surface area contributed by atoms with E-state index in [0.717, 1.165) is 33.6 Å². The fourth-order valence-electron chi connectivity index (χ4n) is 1.98. The Morgan fingerprint density at radius 2 is 2.24 bits per heavy atom. The van der Waals surface area contributed by atoms with Crippen LogP contribution in [0.25, 0.3) is 10.1 Å². The van der Waals surface area contributed by atoms with Crippen molar-refractivity contribution in [3.8, 4) is 0 Å². The van der Waals surface area contributed by atoms with Gasteiger partial charge in [0, 0.05) is 29.0 Å². The summed E-state index contributed by atoms with van der Waals surface area (Å²) in [5.74, 6) is 1.65. The SMILES string of the molecule is Cc1ccc2c(N)c(C(=O)NCCSCCCO)sc2c1. The lowest BCUT2D eigenvalue weighted by Crippen LogP contribution is -2.25. The molecule has 0 bridgehead atoms. The van der Waals surface area contributed by atoms with E-state index in [1.807, 2.05) is 19.1 Å². The number of hydrogen-bond acceptors (Lipinski definition) is 5. The molecule has 0 radical (unpaired) electrons. The van der Waals surface area contributed by atoms with Crippen molar-refractivity contribution in [2.75, 3.05) is 30.4 Å². The predicted octanol–water partition coefficient (Wildman–Crippen LogP) is 2.64. The fourth-order valence-corrected chi connectivity index (χ4v) is 3.90. The molecule has 0 atom stereocenters. The molecule has 21 heavy (non-hydrogen) atoms. The topological polar surface area (TPSA) is 75.4 Å². The van der Waals surface area contributed by atoms with Crippen molar-refractivity contribution < 1.29 is 9.90 Å². The molecule has 0 spiro atoms. The van der Waals surface area contributed by atoms with E-state index in [-0.39, 0.29) is 12.5 Å². The summed E-state index contributed by atoms with van der Waals surface area (Å²) in [4.78, 5) is 12.8. The Hall–Kier alpha value is -1.24. The second-order valence-electron chi connectivity index (χ2n) is 4.79. The Labute approximate surface area is 132 Å². The summed E-state index contributed by atoms with van der Waals surface area (Å²) in [7, 11) is 0. The van der Waals surface area contributed by atoms with E-state index in [1.54, 1.807) is 11.8 Å². The number of nitrogens with two attached hydrogens (primary N) is 1. The number of aliphatic hydroxyl groups is 1. The van der Waals surface area contributed by atoms with Gasteiger partial charge in [-0.05, 0) is 30.7 Å². The van der Waals surface area contributed by atoms with Crippen LogP contribution < -0.4 is 11.1 Å². The minimum absolute atomic E-state index is 0.103. The van der Waals surface area contributed by atoms with E-state index in [2.05, 4.69) is 11.4 Å². The Balaban J connectivity index is 1.95. The van der Waals surface area contributed by atoms with Crippen LogP contribution in [-0.4, -0.2) is 35.7 Å². The third-order valence-electron chi connectivity index (χ3n) is 3.07. The minimum atomic E-state index is -0.103. The summed E-state index contributed by atoms with van der Waals surface area (Å²) in [5, 5.41) is 12.5. The van der Waals surface area contributed by atoms with E-state index < -0.39 is 0 Å². The first-order valence-electron chi connectivity index (χ1n) is 6.89. The van der Waals surface area contributed by atoms with Crippen LogP contribution in [0.2, 0.25) is 0 Å². The minimum Gasteiger partial charge on any atom is -0.397 e.